The van der Waals surface area contributed by atoms with Gasteiger partial charge in [-0.05, 0) is 51.5 Å². The molecule has 0 aliphatic carbocycles. The van der Waals surface area contributed by atoms with Gasteiger partial charge in [-0.3, -0.25) is 24.0 Å². The van der Waals surface area contributed by atoms with Crippen molar-refractivity contribution < 1.29 is 28.7 Å². The van der Waals surface area contributed by atoms with Gasteiger partial charge in [0.2, 0.25) is 18.7 Å². The minimum atomic E-state index is -0.334. The Kier molecular flexibility index (Phi) is 32.7. The molecule has 1 aromatic carbocycles. The molecule has 4 amide bonds. The van der Waals surface area contributed by atoms with E-state index in [0.29, 0.717) is 49.3 Å². The molecular formula is C29H55N7O6. The van der Waals surface area contributed by atoms with E-state index < -0.39 is 0 Å². The SMILES string of the molecule is CCC.CCC(C)C(=O)OCc1ccc(NC=O)cc1C(=O)NCCN.CCNCC(=O)NCCCCNC.NC=O. The first-order valence-electron chi connectivity index (χ1n) is 14.4. The lowest BCUT2D eigenvalue weighted by atomic mass is 10.1. The van der Waals surface area contributed by atoms with Crippen molar-refractivity contribution >= 4 is 36.3 Å². The van der Waals surface area contributed by atoms with E-state index in [4.69, 9.17) is 15.3 Å². The zero-order valence-electron chi connectivity index (χ0n) is 26.3. The normalized spacial score (nSPS) is 10.1. The number of hydrogen-bond donors (Lipinski definition) is 7. The highest BCUT2D eigenvalue weighted by atomic mass is 16.5. The van der Waals surface area contributed by atoms with Crippen LogP contribution in [0.1, 0.15) is 76.2 Å². The number of hydrogen-bond acceptors (Lipinski definition) is 9. The van der Waals surface area contributed by atoms with Crippen LogP contribution in [-0.4, -0.2) is 76.9 Å². The van der Waals surface area contributed by atoms with E-state index in [1.807, 2.05) is 20.9 Å². The molecule has 0 saturated heterocycles. The van der Waals surface area contributed by atoms with Crippen molar-refractivity contribution in [2.24, 2.45) is 17.4 Å². The van der Waals surface area contributed by atoms with Crippen molar-refractivity contribution in [1.82, 2.24) is 21.3 Å². The summed E-state index contributed by atoms with van der Waals surface area (Å²) in [7, 11) is 1.93. The number of ether oxygens (including phenoxy) is 1. The maximum Gasteiger partial charge on any atom is 0.308 e. The summed E-state index contributed by atoms with van der Waals surface area (Å²) in [5.41, 5.74) is 10.9. The van der Waals surface area contributed by atoms with Crippen LogP contribution in [0.4, 0.5) is 5.69 Å². The molecule has 0 saturated carbocycles. The van der Waals surface area contributed by atoms with E-state index in [-0.39, 0.29) is 36.7 Å². The summed E-state index contributed by atoms with van der Waals surface area (Å²) in [5.74, 6) is -0.748. The predicted octanol–water partition coefficient (Wildman–Crippen LogP) is 1.26. The third-order valence-electron chi connectivity index (χ3n) is 5.11. The number of likely N-dealkylation sites (N-methyl/N-ethyl adjacent to an activating group) is 1. The van der Waals surface area contributed by atoms with Crippen molar-refractivity contribution in [1.29, 1.82) is 0 Å². The van der Waals surface area contributed by atoms with Crippen LogP contribution >= 0.6 is 0 Å². The monoisotopic (exact) mass is 597 g/mol. The molecule has 0 bridgehead atoms. The lowest BCUT2D eigenvalue weighted by molar-refractivity contribution is -0.149. The van der Waals surface area contributed by atoms with Gasteiger partial charge in [0.25, 0.3) is 5.91 Å². The molecular weight excluding hydrogens is 542 g/mol. The average molecular weight is 598 g/mol. The van der Waals surface area contributed by atoms with Crippen LogP contribution < -0.4 is 38.1 Å². The van der Waals surface area contributed by atoms with Gasteiger partial charge in [-0.15, -0.1) is 0 Å². The Morgan fingerprint density at radius 3 is 2.14 bits per heavy atom. The van der Waals surface area contributed by atoms with Crippen molar-refractivity contribution in [2.75, 3.05) is 51.6 Å². The molecule has 242 valence electrons. The minimum absolute atomic E-state index is 0.00405. The maximum absolute atomic E-state index is 12.2. The maximum atomic E-state index is 12.2. The number of esters is 1. The Balaban J connectivity index is -0.000000673. The number of unbranched alkanes of at least 4 members (excludes halogenated alkanes) is 1. The van der Waals surface area contributed by atoms with Gasteiger partial charge < -0.3 is 42.8 Å². The molecule has 0 aliphatic rings. The number of anilines is 1. The molecule has 0 heterocycles. The van der Waals surface area contributed by atoms with Crippen LogP contribution in [0.15, 0.2) is 18.2 Å². The van der Waals surface area contributed by atoms with Crippen LogP contribution in [0.3, 0.4) is 0 Å². The summed E-state index contributed by atoms with van der Waals surface area (Å²) in [5, 5.41) is 14.0. The summed E-state index contributed by atoms with van der Waals surface area (Å²) in [6.45, 7) is 13.6. The lowest BCUT2D eigenvalue weighted by Crippen LogP contribution is -2.34. The Morgan fingerprint density at radius 2 is 1.62 bits per heavy atom. The second-order valence-corrected chi connectivity index (χ2v) is 8.88. The first-order valence-corrected chi connectivity index (χ1v) is 14.4. The standard InChI is InChI=1S/C16H23N3O4.C9H21N3O.C3H8.CH3NO/c1-3-11(2)16(22)23-9-12-4-5-13(19-10-20)8-14(12)15(21)18-7-6-17;1-3-11-8-9(13)12-7-5-4-6-10-2;1-3-2;2-1-3/h4-5,8,10-11H,3,6-7,9,17H2,1-2H3,(H,18,21)(H,19,20);10-11H,3-8H2,1-2H3,(H,12,13);3H2,1-2H3;1H,(H2,2,3). The summed E-state index contributed by atoms with van der Waals surface area (Å²) < 4.78 is 5.24. The van der Waals surface area contributed by atoms with Gasteiger partial charge in [-0.1, -0.05) is 47.1 Å². The summed E-state index contributed by atoms with van der Waals surface area (Å²) in [4.78, 5) is 54.1. The van der Waals surface area contributed by atoms with Crippen LogP contribution in [0, 0.1) is 5.92 Å². The van der Waals surface area contributed by atoms with Gasteiger partial charge in [-0.2, -0.15) is 0 Å². The minimum Gasteiger partial charge on any atom is -0.461 e. The first kappa shape index (κ1) is 42.9. The summed E-state index contributed by atoms with van der Waals surface area (Å²) >= 11 is 0. The largest absolute Gasteiger partial charge is 0.461 e. The van der Waals surface area contributed by atoms with Gasteiger partial charge in [-0.25, -0.2) is 0 Å². The highest BCUT2D eigenvalue weighted by Crippen LogP contribution is 2.18. The average Bonchev–Trinajstić information content (AvgIpc) is 2.98. The summed E-state index contributed by atoms with van der Waals surface area (Å²) in [6, 6.07) is 4.82. The molecule has 1 unspecified atom stereocenters. The molecule has 1 aromatic rings. The van der Waals surface area contributed by atoms with Crippen molar-refractivity contribution in [3.63, 3.8) is 0 Å². The van der Waals surface area contributed by atoms with E-state index in [9.17, 15) is 19.2 Å². The van der Waals surface area contributed by atoms with E-state index in [2.05, 4.69) is 46.2 Å². The Bertz CT molecular complexity index is 856. The van der Waals surface area contributed by atoms with Crippen molar-refractivity contribution in [3.05, 3.63) is 29.3 Å². The molecule has 13 nitrogen and oxygen atoms in total. The zero-order valence-corrected chi connectivity index (χ0v) is 26.3. The first-order chi connectivity index (χ1) is 20.2. The van der Waals surface area contributed by atoms with Gasteiger partial charge in [0, 0.05) is 36.4 Å². The van der Waals surface area contributed by atoms with E-state index in [0.717, 1.165) is 32.5 Å². The molecule has 1 rings (SSSR count). The number of primary amides is 1. The fourth-order valence-corrected chi connectivity index (χ4v) is 2.77. The number of carbonyl (C=O) groups is 5. The quantitative estimate of drug-likeness (QED) is 0.0782. The second-order valence-electron chi connectivity index (χ2n) is 8.88. The van der Waals surface area contributed by atoms with Gasteiger partial charge in [0.05, 0.1) is 12.5 Å². The molecule has 0 radical (unpaired) electrons. The second kappa shape index (κ2) is 32.0. The Morgan fingerprint density at radius 1 is 1.00 bits per heavy atom. The molecule has 0 aromatic heterocycles. The lowest BCUT2D eigenvalue weighted by Gasteiger charge is -2.13. The molecule has 0 fully saturated rings. The number of carbonyl (C=O) groups excluding carboxylic acids is 5. The van der Waals surface area contributed by atoms with Crippen LogP contribution in [0.5, 0.6) is 0 Å². The van der Waals surface area contributed by atoms with E-state index in [1.54, 1.807) is 19.1 Å². The zero-order chi connectivity index (χ0) is 32.6. The van der Waals surface area contributed by atoms with Crippen LogP contribution in [-0.2, 0) is 30.5 Å². The fraction of sp³-hybridized carbons (Fsp3) is 0.621. The number of amides is 4. The van der Waals surface area contributed by atoms with E-state index >= 15 is 0 Å². The third-order valence-corrected chi connectivity index (χ3v) is 5.11. The Hall–Kier alpha value is -3.55. The number of benzene rings is 1. The highest BCUT2D eigenvalue weighted by molar-refractivity contribution is 5.97. The van der Waals surface area contributed by atoms with E-state index in [1.165, 1.54) is 12.5 Å². The number of nitrogens with one attached hydrogen (secondary N) is 5. The molecule has 0 aliphatic heterocycles. The molecule has 1 atom stereocenters. The molecule has 13 heteroatoms. The predicted molar refractivity (Wildman–Crippen MR) is 168 cm³/mol. The van der Waals surface area contributed by atoms with Gasteiger partial charge in [0.1, 0.15) is 6.61 Å². The molecule has 9 N–H and O–H groups in total. The fourth-order valence-electron chi connectivity index (χ4n) is 2.77. The van der Waals surface area contributed by atoms with Crippen LogP contribution in [0.2, 0.25) is 0 Å². The van der Waals surface area contributed by atoms with Crippen molar-refractivity contribution in [2.45, 2.75) is 66.9 Å². The Labute approximate surface area is 251 Å². The molecule has 42 heavy (non-hydrogen) atoms. The third kappa shape index (κ3) is 25.4. The summed E-state index contributed by atoms with van der Waals surface area (Å²) in [6.07, 6.45) is 4.86. The van der Waals surface area contributed by atoms with Crippen LogP contribution in [0.25, 0.3) is 0 Å². The number of rotatable bonds is 17. The highest BCUT2D eigenvalue weighted by Gasteiger charge is 2.16. The van der Waals surface area contributed by atoms with Crippen molar-refractivity contribution in [3.8, 4) is 0 Å². The smallest absolute Gasteiger partial charge is 0.308 e. The molecule has 0 spiro atoms. The number of nitrogens with two attached hydrogens (primary N) is 2. The van der Waals surface area contributed by atoms with Gasteiger partial charge >= 0.3 is 5.97 Å². The van der Waals surface area contributed by atoms with Gasteiger partial charge in [0.15, 0.2) is 0 Å². The topological polar surface area (TPSA) is 207 Å².